The number of nitrogens with two attached hydrogens (primary N) is 1. The highest BCUT2D eigenvalue weighted by Gasteiger charge is 2.25. The zero-order chi connectivity index (χ0) is 14.2. The molecule has 0 unspecified atom stereocenters. The number of benzene rings is 2. The van der Waals surface area contributed by atoms with Crippen LogP contribution in [0.1, 0.15) is 29.2 Å². The summed E-state index contributed by atoms with van der Waals surface area (Å²) in [6.07, 6.45) is 0. The average Bonchev–Trinajstić information content (AvgIpc) is 2.35. The van der Waals surface area contributed by atoms with Gasteiger partial charge in [-0.25, -0.2) is 8.78 Å². The molecule has 0 saturated heterocycles. The third-order valence-corrected chi connectivity index (χ3v) is 3.54. The van der Waals surface area contributed by atoms with E-state index in [0.29, 0.717) is 22.3 Å². The highest BCUT2D eigenvalue weighted by molar-refractivity contribution is 5.39. The smallest absolute Gasteiger partial charge is 0.126 e. The molecule has 0 aliphatic rings. The summed E-state index contributed by atoms with van der Waals surface area (Å²) in [6.45, 7) is 5.14. The molecule has 0 fully saturated rings. The first-order chi connectivity index (χ1) is 8.82. The molecule has 0 saturated carbocycles. The fourth-order valence-electron chi connectivity index (χ4n) is 2.00. The van der Waals surface area contributed by atoms with Crippen molar-refractivity contribution in [1.82, 2.24) is 0 Å². The van der Waals surface area contributed by atoms with Gasteiger partial charge in [0.1, 0.15) is 11.6 Å². The van der Waals surface area contributed by atoms with Crippen molar-refractivity contribution in [2.45, 2.75) is 26.3 Å². The van der Waals surface area contributed by atoms with Crippen molar-refractivity contribution in [3.05, 3.63) is 70.3 Å². The van der Waals surface area contributed by atoms with Crippen LogP contribution in [-0.2, 0) is 5.54 Å². The van der Waals surface area contributed by atoms with E-state index < -0.39 is 5.54 Å². The highest BCUT2D eigenvalue weighted by atomic mass is 19.1. The summed E-state index contributed by atoms with van der Waals surface area (Å²) in [5, 5.41) is 0. The molecule has 0 aliphatic heterocycles. The minimum absolute atomic E-state index is 0.304. The van der Waals surface area contributed by atoms with Gasteiger partial charge >= 0.3 is 0 Å². The van der Waals surface area contributed by atoms with Gasteiger partial charge in [-0.15, -0.1) is 0 Å². The van der Waals surface area contributed by atoms with E-state index in [-0.39, 0.29) is 11.6 Å². The van der Waals surface area contributed by atoms with E-state index in [1.165, 1.54) is 12.1 Å². The van der Waals surface area contributed by atoms with Crippen LogP contribution in [0.3, 0.4) is 0 Å². The second-order valence-electron chi connectivity index (χ2n) is 5.13. The summed E-state index contributed by atoms with van der Waals surface area (Å²) in [4.78, 5) is 0. The van der Waals surface area contributed by atoms with E-state index in [9.17, 15) is 8.78 Å². The van der Waals surface area contributed by atoms with Gasteiger partial charge in [0.25, 0.3) is 0 Å². The van der Waals surface area contributed by atoms with E-state index in [2.05, 4.69) is 0 Å². The van der Waals surface area contributed by atoms with Gasteiger partial charge < -0.3 is 5.73 Å². The van der Waals surface area contributed by atoms with Gasteiger partial charge in [-0.2, -0.15) is 0 Å². The van der Waals surface area contributed by atoms with Crippen LogP contribution in [0, 0.1) is 25.5 Å². The van der Waals surface area contributed by atoms with Crippen molar-refractivity contribution in [1.29, 1.82) is 0 Å². The van der Waals surface area contributed by atoms with Gasteiger partial charge in [-0.3, -0.25) is 0 Å². The lowest BCUT2D eigenvalue weighted by molar-refractivity contribution is 0.565. The Labute approximate surface area is 112 Å². The molecule has 0 bridgehead atoms. The number of halogens is 2. The molecule has 0 atom stereocenters. The minimum atomic E-state index is -0.928. The largest absolute Gasteiger partial charge is 0.318 e. The molecule has 2 aromatic carbocycles. The molecule has 2 rings (SSSR count). The molecule has 0 amide bonds. The standard InChI is InChI=1S/C16H17F2N/c1-10-4-6-12(8-14(10)17)16(3,19)13-7-5-11(2)15(18)9-13/h4-9H,19H2,1-3H3. The normalized spacial score (nSPS) is 11.7. The summed E-state index contributed by atoms with van der Waals surface area (Å²) >= 11 is 0. The Morgan fingerprint density at radius 3 is 1.53 bits per heavy atom. The lowest BCUT2D eigenvalue weighted by atomic mass is 9.85. The van der Waals surface area contributed by atoms with Gasteiger partial charge in [0.2, 0.25) is 0 Å². The molecule has 100 valence electrons. The predicted octanol–water partition coefficient (Wildman–Crippen LogP) is 3.80. The van der Waals surface area contributed by atoms with Crippen molar-refractivity contribution in [3.8, 4) is 0 Å². The molecule has 0 radical (unpaired) electrons. The maximum Gasteiger partial charge on any atom is 0.126 e. The van der Waals surface area contributed by atoms with Crippen LogP contribution >= 0.6 is 0 Å². The number of rotatable bonds is 2. The zero-order valence-electron chi connectivity index (χ0n) is 11.3. The van der Waals surface area contributed by atoms with Crippen molar-refractivity contribution in [2.24, 2.45) is 5.73 Å². The number of hydrogen-bond acceptors (Lipinski definition) is 1. The molecule has 3 heteroatoms. The zero-order valence-corrected chi connectivity index (χ0v) is 11.3. The van der Waals surface area contributed by atoms with Crippen LogP contribution in [-0.4, -0.2) is 0 Å². The molecule has 2 N–H and O–H groups in total. The Bertz CT molecular complexity index is 565. The van der Waals surface area contributed by atoms with Crippen LogP contribution in [0.25, 0.3) is 0 Å². The Kier molecular flexibility index (Phi) is 3.42. The molecule has 0 aromatic heterocycles. The fourth-order valence-corrected chi connectivity index (χ4v) is 2.00. The Morgan fingerprint density at radius 1 is 0.842 bits per heavy atom. The average molecular weight is 261 g/mol. The second kappa shape index (κ2) is 4.74. The summed E-state index contributed by atoms with van der Waals surface area (Å²) in [7, 11) is 0. The molecule has 1 nitrogen and oxygen atoms in total. The topological polar surface area (TPSA) is 26.0 Å². The van der Waals surface area contributed by atoms with Gasteiger partial charge in [0.05, 0.1) is 5.54 Å². The molecule has 0 heterocycles. The van der Waals surface area contributed by atoms with Crippen molar-refractivity contribution >= 4 is 0 Å². The summed E-state index contributed by atoms with van der Waals surface area (Å²) in [5.41, 5.74) is 7.71. The van der Waals surface area contributed by atoms with Gasteiger partial charge in [-0.05, 0) is 55.2 Å². The molecule has 2 aromatic rings. The van der Waals surface area contributed by atoms with E-state index in [1.807, 2.05) is 0 Å². The summed E-state index contributed by atoms with van der Waals surface area (Å²) in [6, 6.07) is 9.73. The lowest BCUT2D eigenvalue weighted by Crippen LogP contribution is -2.34. The second-order valence-corrected chi connectivity index (χ2v) is 5.13. The van der Waals surface area contributed by atoms with Gasteiger partial charge in [0.15, 0.2) is 0 Å². The Hall–Kier alpha value is -1.74. The third-order valence-electron chi connectivity index (χ3n) is 3.54. The number of hydrogen-bond donors (Lipinski definition) is 1. The fraction of sp³-hybridized carbons (Fsp3) is 0.250. The van der Waals surface area contributed by atoms with E-state index in [0.717, 1.165) is 0 Å². The SMILES string of the molecule is Cc1ccc(C(C)(N)c2ccc(C)c(F)c2)cc1F. The monoisotopic (exact) mass is 261 g/mol. The maximum atomic E-state index is 13.6. The highest BCUT2D eigenvalue weighted by Crippen LogP contribution is 2.28. The van der Waals surface area contributed by atoms with Crippen LogP contribution in [0.4, 0.5) is 8.78 Å². The van der Waals surface area contributed by atoms with Crippen LogP contribution < -0.4 is 5.73 Å². The number of aryl methyl sites for hydroxylation is 2. The maximum absolute atomic E-state index is 13.6. The summed E-state index contributed by atoms with van der Waals surface area (Å²) < 4.78 is 27.3. The van der Waals surface area contributed by atoms with Crippen molar-refractivity contribution in [3.63, 3.8) is 0 Å². The van der Waals surface area contributed by atoms with Crippen molar-refractivity contribution < 1.29 is 8.78 Å². The molecule has 0 spiro atoms. The molecular weight excluding hydrogens is 244 g/mol. The third kappa shape index (κ3) is 2.51. The molecule has 0 aliphatic carbocycles. The first-order valence-corrected chi connectivity index (χ1v) is 6.14. The first-order valence-electron chi connectivity index (χ1n) is 6.14. The lowest BCUT2D eigenvalue weighted by Gasteiger charge is -2.26. The molecule has 19 heavy (non-hydrogen) atoms. The van der Waals surface area contributed by atoms with Crippen LogP contribution in [0.15, 0.2) is 36.4 Å². The molecular formula is C16H17F2N. The van der Waals surface area contributed by atoms with E-state index >= 15 is 0 Å². The van der Waals surface area contributed by atoms with E-state index in [1.54, 1.807) is 45.0 Å². The summed E-state index contributed by atoms with van der Waals surface area (Å²) in [5.74, 6) is -0.608. The minimum Gasteiger partial charge on any atom is -0.318 e. The van der Waals surface area contributed by atoms with Gasteiger partial charge in [0, 0.05) is 0 Å². The van der Waals surface area contributed by atoms with Crippen molar-refractivity contribution in [2.75, 3.05) is 0 Å². The van der Waals surface area contributed by atoms with E-state index in [4.69, 9.17) is 5.73 Å². The van der Waals surface area contributed by atoms with Crippen LogP contribution in [0.5, 0.6) is 0 Å². The first kappa shape index (κ1) is 13.7. The van der Waals surface area contributed by atoms with Gasteiger partial charge in [-0.1, -0.05) is 24.3 Å². The quantitative estimate of drug-likeness (QED) is 0.874. The predicted molar refractivity (Wildman–Crippen MR) is 72.9 cm³/mol. The Balaban J connectivity index is 2.51. The van der Waals surface area contributed by atoms with Crippen LogP contribution in [0.2, 0.25) is 0 Å². The Morgan fingerprint density at radius 2 is 1.21 bits per heavy atom.